The molecule has 0 heterocycles. The number of rotatable bonds is 8. The molecule has 1 unspecified atom stereocenters. The predicted octanol–water partition coefficient (Wildman–Crippen LogP) is 2.33. The van der Waals surface area contributed by atoms with Crippen LogP contribution in [0.3, 0.4) is 0 Å². The minimum atomic E-state index is -0.874. The summed E-state index contributed by atoms with van der Waals surface area (Å²) < 4.78 is 5.59. The van der Waals surface area contributed by atoms with Gasteiger partial charge < -0.3 is 14.7 Å². The molecule has 21 heavy (non-hydrogen) atoms. The highest BCUT2D eigenvalue weighted by Crippen LogP contribution is 2.12. The van der Waals surface area contributed by atoms with Gasteiger partial charge in [-0.15, -0.1) is 0 Å². The van der Waals surface area contributed by atoms with E-state index in [9.17, 15) is 9.59 Å². The van der Waals surface area contributed by atoms with Crippen molar-refractivity contribution in [3.63, 3.8) is 0 Å². The van der Waals surface area contributed by atoms with Crippen molar-refractivity contribution in [2.24, 2.45) is 5.92 Å². The standard InChI is InChI=1S/C16H23NO4/c1-12-5-4-6-14(9-12)21-8-7-17(3)15(18)10-13(2)11-16(19)20/h4-6,9,13H,7-8,10-11H2,1-3H3,(H,19,20). The maximum Gasteiger partial charge on any atom is 0.303 e. The fourth-order valence-corrected chi connectivity index (χ4v) is 1.95. The molecule has 1 atom stereocenters. The lowest BCUT2D eigenvalue weighted by molar-refractivity contribution is -0.138. The van der Waals surface area contributed by atoms with Crippen molar-refractivity contribution in [2.75, 3.05) is 20.2 Å². The van der Waals surface area contributed by atoms with E-state index in [4.69, 9.17) is 9.84 Å². The van der Waals surface area contributed by atoms with Crippen LogP contribution in [0.15, 0.2) is 24.3 Å². The third-order valence-electron chi connectivity index (χ3n) is 3.16. The van der Waals surface area contributed by atoms with Gasteiger partial charge in [0.15, 0.2) is 0 Å². The summed E-state index contributed by atoms with van der Waals surface area (Å²) in [6.07, 6.45) is 0.257. The molecule has 5 heteroatoms. The molecule has 0 spiro atoms. The van der Waals surface area contributed by atoms with Crippen molar-refractivity contribution in [2.45, 2.75) is 26.7 Å². The highest BCUT2D eigenvalue weighted by molar-refractivity contribution is 5.77. The lowest BCUT2D eigenvalue weighted by atomic mass is 10.0. The molecule has 0 radical (unpaired) electrons. The van der Waals surface area contributed by atoms with Crippen molar-refractivity contribution in [1.82, 2.24) is 4.90 Å². The Labute approximate surface area is 125 Å². The second-order valence-corrected chi connectivity index (χ2v) is 5.39. The number of carbonyl (C=O) groups is 2. The summed E-state index contributed by atoms with van der Waals surface area (Å²) in [6, 6.07) is 7.74. The largest absolute Gasteiger partial charge is 0.492 e. The lowest BCUT2D eigenvalue weighted by Gasteiger charge is -2.19. The van der Waals surface area contributed by atoms with Gasteiger partial charge in [0.25, 0.3) is 0 Å². The van der Waals surface area contributed by atoms with Gasteiger partial charge in [-0.2, -0.15) is 0 Å². The number of amides is 1. The molecule has 1 rings (SSSR count). The van der Waals surface area contributed by atoms with E-state index in [2.05, 4.69) is 0 Å². The zero-order valence-corrected chi connectivity index (χ0v) is 12.8. The first-order valence-electron chi connectivity index (χ1n) is 7.03. The minimum Gasteiger partial charge on any atom is -0.492 e. The summed E-state index contributed by atoms with van der Waals surface area (Å²) in [5.74, 6) is -0.303. The summed E-state index contributed by atoms with van der Waals surface area (Å²) in [4.78, 5) is 24.1. The quantitative estimate of drug-likeness (QED) is 0.799. The first kappa shape index (κ1) is 17.0. The average molecular weight is 293 g/mol. The maximum atomic E-state index is 11.9. The van der Waals surface area contributed by atoms with Crippen LogP contribution in [0.5, 0.6) is 5.75 Å². The van der Waals surface area contributed by atoms with Gasteiger partial charge in [-0.05, 0) is 30.5 Å². The number of aryl methyl sites for hydroxylation is 1. The molecule has 1 aromatic carbocycles. The van der Waals surface area contributed by atoms with Crippen molar-refractivity contribution in [1.29, 1.82) is 0 Å². The molecule has 0 aliphatic carbocycles. The average Bonchev–Trinajstić information content (AvgIpc) is 2.37. The highest BCUT2D eigenvalue weighted by Gasteiger charge is 2.15. The molecule has 5 nitrogen and oxygen atoms in total. The number of aliphatic carboxylic acids is 1. The van der Waals surface area contributed by atoms with Crippen LogP contribution in [0.4, 0.5) is 0 Å². The Morgan fingerprint density at radius 3 is 2.67 bits per heavy atom. The van der Waals surface area contributed by atoms with Gasteiger partial charge in [-0.1, -0.05) is 19.1 Å². The summed E-state index contributed by atoms with van der Waals surface area (Å²) in [7, 11) is 1.70. The molecule has 1 aromatic rings. The summed E-state index contributed by atoms with van der Waals surface area (Å²) in [5.41, 5.74) is 1.12. The molecule has 0 bridgehead atoms. The minimum absolute atomic E-state index is 0.0133. The van der Waals surface area contributed by atoms with Crippen LogP contribution in [0, 0.1) is 12.8 Å². The highest BCUT2D eigenvalue weighted by atomic mass is 16.5. The molecule has 116 valence electrons. The summed E-state index contributed by atoms with van der Waals surface area (Å²) >= 11 is 0. The van der Waals surface area contributed by atoms with E-state index in [1.54, 1.807) is 18.9 Å². The number of hydrogen-bond donors (Lipinski definition) is 1. The fraction of sp³-hybridized carbons (Fsp3) is 0.500. The van der Waals surface area contributed by atoms with Crippen molar-refractivity contribution in [3.8, 4) is 5.75 Å². The van der Waals surface area contributed by atoms with Crippen LogP contribution in [-0.4, -0.2) is 42.1 Å². The fourth-order valence-electron chi connectivity index (χ4n) is 1.95. The SMILES string of the molecule is Cc1cccc(OCCN(C)C(=O)CC(C)CC(=O)O)c1. The molecule has 1 N–H and O–H groups in total. The lowest BCUT2D eigenvalue weighted by Crippen LogP contribution is -2.32. The Bertz CT molecular complexity index is 487. The number of carbonyl (C=O) groups excluding carboxylic acids is 1. The van der Waals surface area contributed by atoms with E-state index in [-0.39, 0.29) is 24.7 Å². The van der Waals surface area contributed by atoms with Gasteiger partial charge in [-0.25, -0.2) is 0 Å². The van der Waals surface area contributed by atoms with Crippen LogP contribution in [-0.2, 0) is 9.59 Å². The van der Waals surface area contributed by atoms with E-state index in [0.717, 1.165) is 11.3 Å². The first-order chi connectivity index (χ1) is 9.88. The van der Waals surface area contributed by atoms with Crippen LogP contribution >= 0.6 is 0 Å². The number of carboxylic acid groups (broad SMARTS) is 1. The zero-order valence-electron chi connectivity index (χ0n) is 12.8. The van der Waals surface area contributed by atoms with Gasteiger partial charge in [0, 0.05) is 19.9 Å². The van der Waals surface area contributed by atoms with E-state index in [1.807, 2.05) is 31.2 Å². The van der Waals surface area contributed by atoms with E-state index in [1.165, 1.54) is 0 Å². The monoisotopic (exact) mass is 293 g/mol. The molecular formula is C16H23NO4. The molecule has 0 saturated carbocycles. The third-order valence-corrected chi connectivity index (χ3v) is 3.16. The molecule has 0 aliphatic rings. The first-order valence-corrected chi connectivity index (χ1v) is 7.03. The van der Waals surface area contributed by atoms with E-state index < -0.39 is 5.97 Å². The van der Waals surface area contributed by atoms with Crippen LogP contribution in [0.25, 0.3) is 0 Å². The number of likely N-dealkylation sites (N-methyl/N-ethyl adjacent to an activating group) is 1. The topological polar surface area (TPSA) is 66.8 Å². The zero-order chi connectivity index (χ0) is 15.8. The Balaban J connectivity index is 2.31. The van der Waals surface area contributed by atoms with Gasteiger partial charge in [-0.3, -0.25) is 9.59 Å². The molecule has 0 aromatic heterocycles. The van der Waals surface area contributed by atoms with Crippen molar-refractivity contribution < 1.29 is 19.4 Å². The van der Waals surface area contributed by atoms with Crippen molar-refractivity contribution >= 4 is 11.9 Å². The van der Waals surface area contributed by atoms with Crippen LogP contribution in [0.1, 0.15) is 25.3 Å². The summed E-state index contributed by atoms with van der Waals surface area (Å²) in [6.45, 7) is 4.65. The Morgan fingerprint density at radius 2 is 2.05 bits per heavy atom. The third kappa shape index (κ3) is 6.79. The van der Waals surface area contributed by atoms with Gasteiger partial charge >= 0.3 is 5.97 Å². The summed E-state index contributed by atoms with van der Waals surface area (Å²) in [5, 5.41) is 8.68. The second-order valence-electron chi connectivity index (χ2n) is 5.39. The number of carboxylic acids is 1. The predicted molar refractivity (Wildman–Crippen MR) is 80.3 cm³/mol. The Morgan fingerprint density at radius 1 is 1.33 bits per heavy atom. The van der Waals surface area contributed by atoms with E-state index in [0.29, 0.717) is 13.2 Å². The van der Waals surface area contributed by atoms with Crippen LogP contribution in [0.2, 0.25) is 0 Å². The van der Waals surface area contributed by atoms with E-state index >= 15 is 0 Å². The number of benzene rings is 1. The normalized spacial score (nSPS) is 11.8. The van der Waals surface area contributed by atoms with Gasteiger partial charge in [0.2, 0.25) is 5.91 Å². The Kier molecular flexibility index (Phi) is 6.72. The van der Waals surface area contributed by atoms with Crippen LogP contribution < -0.4 is 4.74 Å². The molecule has 0 aliphatic heterocycles. The number of ether oxygens (including phenoxy) is 1. The van der Waals surface area contributed by atoms with Crippen molar-refractivity contribution in [3.05, 3.63) is 29.8 Å². The number of hydrogen-bond acceptors (Lipinski definition) is 3. The Hall–Kier alpha value is -2.04. The van der Waals surface area contributed by atoms with Gasteiger partial charge in [0.05, 0.1) is 6.54 Å². The number of nitrogens with zero attached hydrogens (tertiary/aromatic N) is 1. The second kappa shape index (κ2) is 8.29. The molecule has 0 saturated heterocycles. The molecular weight excluding hydrogens is 270 g/mol. The van der Waals surface area contributed by atoms with Gasteiger partial charge in [0.1, 0.15) is 12.4 Å². The smallest absolute Gasteiger partial charge is 0.303 e. The maximum absolute atomic E-state index is 11.9. The molecule has 1 amide bonds. The molecule has 0 fully saturated rings.